The lowest BCUT2D eigenvalue weighted by atomic mass is 10.1. The lowest BCUT2D eigenvalue weighted by Crippen LogP contribution is -2.43. The molecule has 9 heteroatoms. The van der Waals surface area contributed by atoms with E-state index in [4.69, 9.17) is 21.8 Å². The number of halogens is 1. The quantitative estimate of drug-likeness (QED) is 0.532. The molecule has 0 saturated carbocycles. The number of aliphatic hydroxyl groups excluding tert-OH is 1. The van der Waals surface area contributed by atoms with Gasteiger partial charge in [-0.2, -0.15) is 0 Å². The molecule has 0 radical (unpaired) electrons. The highest BCUT2D eigenvalue weighted by atomic mass is 35.5. The lowest BCUT2D eigenvalue weighted by Gasteiger charge is -2.11. The van der Waals surface area contributed by atoms with Gasteiger partial charge in [0.15, 0.2) is 6.04 Å². The van der Waals surface area contributed by atoms with Gasteiger partial charge in [0.2, 0.25) is 0 Å². The Hall–Kier alpha value is -2.19. The summed E-state index contributed by atoms with van der Waals surface area (Å²) in [5.74, 6) is -2.46. The van der Waals surface area contributed by atoms with Crippen molar-refractivity contribution in [2.24, 2.45) is 0 Å². The molecule has 8 nitrogen and oxygen atoms in total. The van der Waals surface area contributed by atoms with Crippen LogP contribution in [0.2, 0.25) is 5.02 Å². The third-order valence-corrected chi connectivity index (χ3v) is 2.42. The minimum absolute atomic E-state index is 0.0895. The molecule has 0 bridgehead atoms. The summed E-state index contributed by atoms with van der Waals surface area (Å²) in [5.41, 5.74) is -0.888. The molecule has 0 aliphatic carbocycles. The number of amides is 1. The first kappa shape index (κ1) is 14.9. The first-order valence-electron chi connectivity index (χ1n) is 4.95. The van der Waals surface area contributed by atoms with E-state index in [-0.39, 0.29) is 10.6 Å². The number of carbonyl (C=O) groups is 2. The van der Waals surface area contributed by atoms with Crippen molar-refractivity contribution in [2.45, 2.75) is 6.04 Å². The van der Waals surface area contributed by atoms with Crippen molar-refractivity contribution in [1.29, 1.82) is 0 Å². The molecule has 0 aromatic heterocycles. The molecule has 1 rings (SSSR count). The number of nitro benzene ring substituents is 1. The van der Waals surface area contributed by atoms with Crippen molar-refractivity contribution >= 4 is 29.2 Å². The van der Waals surface area contributed by atoms with Crippen molar-refractivity contribution < 1.29 is 24.7 Å². The summed E-state index contributed by atoms with van der Waals surface area (Å²) in [7, 11) is 0. The zero-order valence-electron chi connectivity index (χ0n) is 9.37. The van der Waals surface area contributed by atoms with Crippen LogP contribution in [-0.4, -0.2) is 39.7 Å². The molecule has 102 valence electrons. The van der Waals surface area contributed by atoms with Gasteiger partial charge in [-0.15, -0.1) is 0 Å². The van der Waals surface area contributed by atoms with E-state index in [9.17, 15) is 19.7 Å². The van der Waals surface area contributed by atoms with E-state index in [1.165, 1.54) is 6.07 Å². The first-order chi connectivity index (χ1) is 8.86. The number of nitrogens with one attached hydrogen (secondary N) is 1. The van der Waals surface area contributed by atoms with Gasteiger partial charge in [0.1, 0.15) is 5.56 Å². The summed E-state index contributed by atoms with van der Waals surface area (Å²) in [6, 6.07) is 1.76. The number of nitrogens with zero attached hydrogens (tertiary/aromatic N) is 1. The molecule has 1 atom stereocenters. The number of carboxylic acids is 1. The van der Waals surface area contributed by atoms with Crippen molar-refractivity contribution in [2.75, 3.05) is 6.61 Å². The van der Waals surface area contributed by atoms with Crippen molar-refractivity contribution in [3.05, 3.63) is 38.9 Å². The molecule has 1 aromatic carbocycles. The number of aliphatic hydroxyl groups is 1. The number of carbonyl (C=O) groups excluding carboxylic acids is 1. The van der Waals surface area contributed by atoms with E-state index in [0.717, 1.165) is 12.1 Å². The van der Waals surface area contributed by atoms with Crippen LogP contribution in [0, 0.1) is 10.1 Å². The number of hydrogen-bond acceptors (Lipinski definition) is 5. The van der Waals surface area contributed by atoms with Crippen LogP contribution in [0.4, 0.5) is 5.69 Å². The first-order valence-corrected chi connectivity index (χ1v) is 5.33. The van der Waals surface area contributed by atoms with Crippen LogP contribution in [0.3, 0.4) is 0 Å². The minimum atomic E-state index is -1.55. The number of benzene rings is 1. The lowest BCUT2D eigenvalue weighted by molar-refractivity contribution is -0.385. The van der Waals surface area contributed by atoms with Crippen LogP contribution in [0.15, 0.2) is 18.2 Å². The molecular weight excluding hydrogens is 280 g/mol. The Morgan fingerprint density at radius 2 is 2.11 bits per heavy atom. The zero-order chi connectivity index (χ0) is 14.6. The van der Waals surface area contributed by atoms with Crippen LogP contribution in [0.5, 0.6) is 0 Å². The second-order valence-electron chi connectivity index (χ2n) is 3.47. The number of hydrogen-bond donors (Lipinski definition) is 3. The maximum Gasteiger partial charge on any atom is 0.328 e. The van der Waals surface area contributed by atoms with Crippen LogP contribution >= 0.6 is 11.6 Å². The fraction of sp³-hybridized carbons (Fsp3) is 0.200. The molecule has 0 aliphatic rings. The SMILES string of the molecule is O=C(N[C@H](CO)C(=O)O)c1cc(Cl)ccc1[N+](=O)[O-]. The topological polar surface area (TPSA) is 130 Å². The molecule has 3 N–H and O–H groups in total. The van der Waals surface area contributed by atoms with Gasteiger partial charge in [0.25, 0.3) is 11.6 Å². The third-order valence-electron chi connectivity index (χ3n) is 2.19. The van der Waals surface area contributed by atoms with E-state index in [2.05, 4.69) is 0 Å². The van der Waals surface area contributed by atoms with Gasteiger partial charge in [-0.1, -0.05) is 11.6 Å². The van der Waals surface area contributed by atoms with Gasteiger partial charge in [0.05, 0.1) is 11.5 Å². The van der Waals surface area contributed by atoms with Gasteiger partial charge in [-0.25, -0.2) is 4.79 Å². The van der Waals surface area contributed by atoms with E-state index in [1.807, 2.05) is 5.32 Å². The van der Waals surface area contributed by atoms with Crippen LogP contribution < -0.4 is 5.32 Å². The predicted molar refractivity (Wildman–Crippen MR) is 64.1 cm³/mol. The van der Waals surface area contributed by atoms with E-state index in [0.29, 0.717) is 0 Å². The third kappa shape index (κ3) is 3.63. The zero-order valence-corrected chi connectivity index (χ0v) is 10.1. The standard InChI is InChI=1S/C10H9ClN2O6/c11-5-1-2-8(13(18)19)6(3-5)9(15)12-7(4-14)10(16)17/h1-3,7,14H,4H2,(H,12,15)(H,16,17)/t7-/m1/s1. The fourth-order valence-electron chi connectivity index (χ4n) is 1.27. The highest BCUT2D eigenvalue weighted by molar-refractivity contribution is 6.31. The second kappa shape index (κ2) is 6.12. The number of carboxylic acid groups (broad SMARTS) is 1. The monoisotopic (exact) mass is 288 g/mol. The fourth-order valence-corrected chi connectivity index (χ4v) is 1.44. The Kier molecular flexibility index (Phi) is 4.79. The van der Waals surface area contributed by atoms with Crippen molar-refractivity contribution in [3.63, 3.8) is 0 Å². The average Bonchev–Trinajstić information content (AvgIpc) is 2.34. The Labute approximate surface area is 111 Å². The van der Waals surface area contributed by atoms with Gasteiger partial charge in [0, 0.05) is 11.1 Å². The van der Waals surface area contributed by atoms with Crippen LogP contribution in [0.1, 0.15) is 10.4 Å². The summed E-state index contributed by atoms with van der Waals surface area (Å²) < 4.78 is 0. The van der Waals surface area contributed by atoms with Gasteiger partial charge < -0.3 is 15.5 Å². The van der Waals surface area contributed by atoms with Gasteiger partial charge in [-0.3, -0.25) is 14.9 Å². The summed E-state index contributed by atoms with van der Waals surface area (Å²) in [6.45, 7) is -0.838. The summed E-state index contributed by atoms with van der Waals surface area (Å²) in [6.07, 6.45) is 0. The average molecular weight is 289 g/mol. The maximum absolute atomic E-state index is 11.7. The maximum atomic E-state index is 11.7. The van der Waals surface area contributed by atoms with Gasteiger partial charge in [-0.05, 0) is 12.1 Å². The van der Waals surface area contributed by atoms with Crippen LogP contribution in [-0.2, 0) is 4.79 Å². The summed E-state index contributed by atoms with van der Waals surface area (Å²) in [4.78, 5) is 32.3. The van der Waals surface area contributed by atoms with E-state index in [1.54, 1.807) is 0 Å². The highest BCUT2D eigenvalue weighted by Gasteiger charge is 2.25. The number of nitro groups is 1. The molecule has 0 fully saturated rings. The molecule has 0 saturated heterocycles. The van der Waals surface area contributed by atoms with E-state index >= 15 is 0 Å². The Balaban J connectivity index is 3.08. The molecule has 1 amide bonds. The minimum Gasteiger partial charge on any atom is -0.480 e. The molecule has 0 heterocycles. The number of aliphatic carboxylic acids is 1. The molecule has 0 aliphatic heterocycles. The van der Waals surface area contributed by atoms with E-state index < -0.39 is 35.1 Å². The summed E-state index contributed by atoms with van der Waals surface area (Å²) >= 11 is 5.63. The number of rotatable bonds is 5. The Bertz CT molecular complexity index is 533. The Morgan fingerprint density at radius 3 is 2.58 bits per heavy atom. The molecular formula is C10H9ClN2O6. The van der Waals surface area contributed by atoms with Gasteiger partial charge >= 0.3 is 5.97 Å². The smallest absolute Gasteiger partial charge is 0.328 e. The summed E-state index contributed by atoms with van der Waals surface area (Å²) in [5, 5.41) is 30.2. The highest BCUT2D eigenvalue weighted by Crippen LogP contribution is 2.22. The Morgan fingerprint density at radius 1 is 1.47 bits per heavy atom. The normalized spacial score (nSPS) is 11.7. The van der Waals surface area contributed by atoms with Crippen molar-refractivity contribution in [1.82, 2.24) is 5.32 Å². The molecule has 1 aromatic rings. The van der Waals surface area contributed by atoms with Crippen LogP contribution in [0.25, 0.3) is 0 Å². The van der Waals surface area contributed by atoms with Crippen molar-refractivity contribution in [3.8, 4) is 0 Å². The second-order valence-corrected chi connectivity index (χ2v) is 3.90. The molecule has 0 spiro atoms. The molecule has 0 unspecified atom stereocenters. The largest absolute Gasteiger partial charge is 0.480 e. The molecule has 19 heavy (non-hydrogen) atoms. The predicted octanol–water partition coefficient (Wildman–Crippen LogP) is 0.423.